The van der Waals surface area contributed by atoms with Crippen molar-refractivity contribution in [3.05, 3.63) is 23.8 Å². The molecule has 1 heterocycles. The first-order valence-corrected chi connectivity index (χ1v) is 5.20. The van der Waals surface area contributed by atoms with Crippen molar-refractivity contribution in [2.75, 3.05) is 0 Å². The van der Waals surface area contributed by atoms with Crippen LogP contribution in [0.25, 0.3) is 0 Å². The van der Waals surface area contributed by atoms with Crippen molar-refractivity contribution in [3.8, 4) is 0 Å². The number of rotatable bonds is 2. The Bertz CT molecular complexity index is 297. The van der Waals surface area contributed by atoms with E-state index in [1.54, 1.807) is 0 Å². The zero-order chi connectivity index (χ0) is 10.8. The monoisotopic (exact) mass is 192 g/mol. The minimum Gasteiger partial charge on any atom is -0.241 e. The molecule has 14 heavy (non-hydrogen) atoms. The van der Waals surface area contributed by atoms with E-state index in [1.165, 1.54) is 0 Å². The van der Waals surface area contributed by atoms with Crippen LogP contribution in [0.2, 0.25) is 0 Å². The quantitative estimate of drug-likeness (QED) is 0.719. The van der Waals surface area contributed by atoms with Crippen LogP contribution in [0.3, 0.4) is 0 Å². The van der Waals surface area contributed by atoms with Gasteiger partial charge in [0, 0.05) is 17.8 Å². The van der Waals surface area contributed by atoms with Crippen LogP contribution in [-0.2, 0) is 6.42 Å². The van der Waals surface area contributed by atoms with Crippen LogP contribution in [0.5, 0.6) is 0 Å². The van der Waals surface area contributed by atoms with Crippen molar-refractivity contribution in [3.63, 3.8) is 0 Å². The van der Waals surface area contributed by atoms with Gasteiger partial charge in [0.15, 0.2) is 0 Å². The molecule has 0 aliphatic rings. The predicted molar refractivity (Wildman–Crippen MR) is 59.3 cm³/mol. The van der Waals surface area contributed by atoms with Crippen molar-refractivity contribution in [2.24, 2.45) is 5.41 Å². The summed E-state index contributed by atoms with van der Waals surface area (Å²) < 4.78 is 0. The lowest BCUT2D eigenvalue weighted by Gasteiger charge is -2.17. The highest BCUT2D eigenvalue weighted by molar-refractivity contribution is 5.06. The molecule has 0 atom stereocenters. The lowest BCUT2D eigenvalue weighted by atomic mass is 9.90. The Kier molecular flexibility index (Phi) is 3.25. The fourth-order valence-corrected chi connectivity index (χ4v) is 1.33. The van der Waals surface area contributed by atoms with Gasteiger partial charge in [-0.2, -0.15) is 0 Å². The van der Waals surface area contributed by atoms with Crippen LogP contribution >= 0.6 is 0 Å². The summed E-state index contributed by atoms with van der Waals surface area (Å²) >= 11 is 0. The molecule has 0 aliphatic heterocycles. The van der Waals surface area contributed by atoms with E-state index in [2.05, 4.69) is 44.6 Å². The van der Waals surface area contributed by atoms with Crippen molar-refractivity contribution in [1.29, 1.82) is 0 Å². The molecule has 0 aliphatic carbocycles. The third kappa shape index (κ3) is 3.44. The summed E-state index contributed by atoms with van der Waals surface area (Å²) in [4.78, 5) is 8.80. The van der Waals surface area contributed by atoms with Gasteiger partial charge in [0.05, 0.1) is 0 Å². The van der Waals surface area contributed by atoms with Gasteiger partial charge in [-0.1, -0.05) is 34.6 Å². The van der Waals surface area contributed by atoms with Crippen molar-refractivity contribution in [2.45, 2.75) is 47.0 Å². The van der Waals surface area contributed by atoms with E-state index in [1.807, 2.05) is 12.3 Å². The minimum absolute atomic E-state index is 0.294. The van der Waals surface area contributed by atoms with E-state index in [0.29, 0.717) is 11.3 Å². The van der Waals surface area contributed by atoms with Crippen LogP contribution in [0.15, 0.2) is 12.3 Å². The molecule has 78 valence electrons. The molecule has 0 saturated heterocycles. The van der Waals surface area contributed by atoms with Crippen molar-refractivity contribution < 1.29 is 0 Å². The van der Waals surface area contributed by atoms with Crippen LogP contribution < -0.4 is 0 Å². The smallest absolute Gasteiger partial charge is 0.131 e. The number of nitrogens with zero attached hydrogens (tertiary/aromatic N) is 2. The maximum atomic E-state index is 4.55. The SMILES string of the molecule is CC(C)c1nccc(CC(C)(C)C)n1. The Hall–Kier alpha value is -0.920. The Morgan fingerprint density at radius 1 is 1.29 bits per heavy atom. The molecule has 2 heteroatoms. The first kappa shape index (κ1) is 11.2. The summed E-state index contributed by atoms with van der Waals surface area (Å²) in [5.74, 6) is 1.36. The lowest BCUT2D eigenvalue weighted by molar-refractivity contribution is 0.405. The highest BCUT2D eigenvalue weighted by Gasteiger charge is 2.13. The second-order valence-corrected chi connectivity index (χ2v) is 5.30. The molecule has 0 fully saturated rings. The Balaban J connectivity index is 2.84. The fraction of sp³-hybridized carbons (Fsp3) is 0.667. The second kappa shape index (κ2) is 4.07. The van der Waals surface area contributed by atoms with Gasteiger partial charge in [-0.25, -0.2) is 9.97 Å². The van der Waals surface area contributed by atoms with Crippen molar-refractivity contribution >= 4 is 0 Å². The van der Waals surface area contributed by atoms with Crippen LogP contribution in [-0.4, -0.2) is 9.97 Å². The first-order chi connectivity index (χ1) is 6.38. The molecule has 0 amide bonds. The highest BCUT2D eigenvalue weighted by Crippen LogP contribution is 2.19. The molecule has 0 aromatic carbocycles. The van der Waals surface area contributed by atoms with Gasteiger partial charge in [-0.3, -0.25) is 0 Å². The number of aromatic nitrogens is 2. The topological polar surface area (TPSA) is 25.8 Å². The van der Waals surface area contributed by atoms with E-state index < -0.39 is 0 Å². The zero-order valence-electron chi connectivity index (χ0n) is 9.83. The largest absolute Gasteiger partial charge is 0.241 e. The Morgan fingerprint density at radius 2 is 1.93 bits per heavy atom. The molecule has 0 radical (unpaired) electrons. The van der Waals surface area contributed by atoms with E-state index in [-0.39, 0.29) is 0 Å². The molecule has 2 nitrogen and oxygen atoms in total. The Morgan fingerprint density at radius 3 is 2.43 bits per heavy atom. The van der Waals surface area contributed by atoms with Gasteiger partial charge in [-0.15, -0.1) is 0 Å². The molecule has 0 N–H and O–H groups in total. The molecule has 1 rings (SSSR count). The first-order valence-electron chi connectivity index (χ1n) is 5.20. The van der Waals surface area contributed by atoms with Gasteiger partial charge in [0.2, 0.25) is 0 Å². The van der Waals surface area contributed by atoms with Gasteiger partial charge in [0.25, 0.3) is 0 Å². The number of hydrogen-bond acceptors (Lipinski definition) is 2. The van der Waals surface area contributed by atoms with Crippen LogP contribution in [0, 0.1) is 5.41 Å². The number of hydrogen-bond donors (Lipinski definition) is 0. The maximum absolute atomic E-state index is 4.55. The molecule has 0 saturated carbocycles. The minimum atomic E-state index is 0.294. The third-order valence-corrected chi connectivity index (χ3v) is 1.96. The van der Waals surface area contributed by atoms with E-state index in [4.69, 9.17) is 0 Å². The van der Waals surface area contributed by atoms with Gasteiger partial charge in [-0.05, 0) is 17.9 Å². The van der Waals surface area contributed by atoms with Gasteiger partial charge >= 0.3 is 0 Å². The standard InChI is InChI=1S/C12H20N2/c1-9(2)11-13-7-6-10(14-11)8-12(3,4)5/h6-7,9H,8H2,1-5H3. The third-order valence-electron chi connectivity index (χ3n) is 1.96. The molecule has 1 aromatic rings. The normalized spacial score (nSPS) is 12.1. The van der Waals surface area contributed by atoms with Crippen LogP contribution in [0.1, 0.15) is 52.1 Å². The molecular formula is C12H20N2. The summed E-state index contributed by atoms with van der Waals surface area (Å²) in [5, 5.41) is 0. The average molecular weight is 192 g/mol. The maximum Gasteiger partial charge on any atom is 0.131 e. The predicted octanol–water partition coefficient (Wildman–Crippen LogP) is 3.19. The fourth-order valence-electron chi connectivity index (χ4n) is 1.33. The summed E-state index contributed by atoms with van der Waals surface area (Å²) in [6, 6.07) is 2.01. The van der Waals surface area contributed by atoms with E-state index >= 15 is 0 Å². The van der Waals surface area contributed by atoms with E-state index in [9.17, 15) is 0 Å². The molecular weight excluding hydrogens is 172 g/mol. The van der Waals surface area contributed by atoms with E-state index in [0.717, 1.165) is 17.9 Å². The highest BCUT2D eigenvalue weighted by atomic mass is 14.9. The van der Waals surface area contributed by atoms with Gasteiger partial charge < -0.3 is 0 Å². The van der Waals surface area contributed by atoms with Gasteiger partial charge in [0.1, 0.15) is 5.82 Å². The molecule has 1 aromatic heterocycles. The van der Waals surface area contributed by atoms with Crippen LogP contribution in [0.4, 0.5) is 0 Å². The summed E-state index contributed by atoms with van der Waals surface area (Å²) in [6.45, 7) is 10.9. The molecule has 0 bridgehead atoms. The summed E-state index contributed by atoms with van der Waals surface area (Å²) in [5.41, 5.74) is 1.44. The van der Waals surface area contributed by atoms with Crippen molar-refractivity contribution in [1.82, 2.24) is 9.97 Å². The molecule has 0 unspecified atom stereocenters. The second-order valence-electron chi connectivity index (χ2n) is 5.30. The lowest BCUT2D eigenvalue weighted by Crippen LogP contribution is -2.12. The Labute approximate surface area is 86.8 Å². The summed E-state index contributed by atoms with van der Waals surface area (Å²) in [7, 11) is 0. The zero-order valence-corrected chi connectivity index (χ0v) is 9.83. The summed E-state index contributed by atoms with van der Waals surface area (Å²) in [6.07, 6.45) is 2.87. The molecule has 0 spiro atoms. The average Bonchev–Trinajstić information content (AvgIpc) is 2.01.